The maximum atomic E-state index is 7.06. The molecule has 3 saturated heterocycles. The second kappa shape index (κ2) is 7.46. The van der Waals surface area contributed by atoms with Crippen LogP contribution >= 0.6 is 0 Å². The van der Waals surface area contributed by atoms with Gasteiger partial charge in [0.2, 0.25) is 0 Å². The molecule has 29 heavy (non-hydrogen) atoms. The fourth-order valence-electron chi connectivity index (χ4n) is 9.00. The third-order valence-electron chi connectivity index (χ3n) is 10.2. The van der Waals surface area contributed by atoms with Crippen LogP contribution in [0, 0.1) is 29.1 Å². The number of quaternary nitrogens is 2. The van der Waals surface area contributed by atoms with E-state index < -0.39 is 0 Å². The van der Waals surface area contributed by atoms with Gasteiger partial charge in [0.25, 0.3) is 0 Å². The summed E-state index contributed by atoms with van der Waals surface area (Å²) in [4.78, 5) is 0. The summed E-state index contributed by atoms with van der Waals surface area (Å²) in [5.74, 6) is 3.21. The molecule has 3 saturated carbocycles. The first-order chi connectivity index (χ1) is 13.8. The Morgan fingerprint density at radius 2 is 1.79 bits per heavy atom. The van der Waals surface area contributed by atoms with Gasteiger partial charge in [0, 0.05) is 24.7 Å². The first-order valence-electron chi connectivity index (χ1n) is 12.9. The molecule has 7 atom stereocenters. The molecule has 6 aliphatic rings. The molecule has 0 aromatic carbocycles. The highest BCUT2D eigenvalue weighted by atomic mass is 16.5. The van der Waals surface area contributed by atoms with Crippen molar-refractivity contribution < 1.29 is 15.8 Å². The van der Waals surface area contributed by atoms with E-state index in [9.17, 15) is 0 Å². The van der Waals surface area contributed by atoms with Crippen LogP contribution in [0.4, 0.5) is 0 Å². The summed E-state index contributed by atoms with van der Waals surface area (Å²) >= 11 is 0. The molecule has 3 heterocycles. The van der Waals surface area contributed by atoms with E-state index in [4.69, 9.17) is 10.5 Å². The number of nitrogens with two attached hydrogens (primary N) is 2. The second-order valence-corrected chi connectivity index (χ2v) is 12.6. The summed E-state index contributed by atoms with van der Waals surface area (Å²) in [7, 11) is 0. The van der Waals surface area contributed by atoms with E-state index in [0.717, 1.165) is 17.8 Å². The summed E-state index contributed by atoms with van der Waals surface area (Å²) in [6.45, 7) is 5.97. The molecule has 0 aromatic rings. The van der Waals surface area contributed by atoms with E-state index in [1.54, 1.807) is 0 Å². The van der Waals surface area contributed by atoms with Gasteiger partial charge in [0.1, 0.15) is 6.17 Å². The molecule has 166 valence electrons. The summed E-state index contributed by atoms with van der Waals surface area (Å²) in [6, 6.07) is 0.585. The number of hydrogen-bond acceptors (Lipinski definition) is 2. The minimum atomic E-state index is 0.0210. The molecule has 0 aromatic heterocycles. The number of piperidine rings is 1. The van der Waals surface area contributed by atoms with Crippen LogP contribution in [0.3, 0.4) is 0 Å². The van der Waals surface area contributed by atoms with Crippen LogP contribution in [0.15, 0.2) is 0 Å². The lowest BCUT2D eigenvalue weighted by Gasteiger charge is -2.61. The highest BCUT2D eigenvalue weighted by Gasteiger charge is 2.61. The van der Waals surface area contributed by atoms with Crippen LogP contribution in [-0.2, 0) is 4.74 Å². The summed E-state index contributed by atoms with van der Waals surface area (Å²) in [5.41, 5.74) is 11.6. The minimum Gasteiger partial charge on any atom is -0.368 e. The van der Waals surface area contributed by atoms with Gasteiger partial charge in [-0.2, -0.15) is 0 Å². The average molecular weight is 406 g/mol. The van der Waals surface area contributed by atoms with Crippen molar-refractivity contribution in [3.63, 3.8) is 0 Å². The van der Waals surface area contributed by atoms with E-state index in [1.165, 1.54) is 90.0 Å². The Morgan fingerprint density at radius 1 is 1.00 bits per heavy atom. The number of fused-ring (bicyclic) bond motifs is 3. The molecular weight excluding hydrogens is 358 g/mol. The summed E-state index contributed by atoms with van der Waals surface area (Å²) in [6.07, 6.45) is 18.5. The van der Waals surface area contributed by atoms with Crippen molar-refractivity contribution in [3.8, 4) is 0 Å². The average Bonchev–Trinajstić information content (AvgIpc) is 3.09. The van der Waals surface area contributed by atoms with Gasteiger partial charge in [-0.3, -0.25) is 5.73 Å². The summed E-state index contributed by atoms with van der Waals surface area (Å²) < 4.78 is 7.06. The quantitative estimate of drug-likeness (QED) is 0.675. The Bertz CT molecular complexity index is 593. The van der Waals surface area contributed by atoms with Crippen LogP contribution in [0.5, 0.6) is 0 Å². The molecule has 4 nitrogen and oxygen atoms in total. The molecule has 0 amide bonds. The first-order valence-corrected chi connectivity index (χ1v) is 12.9. The Hall–Kier alpha value is -0.160. The van der Waals surface area contributed by atoms with Crippen molar-refractivity contribution in [2.75, 3.05) is 6.54 Å². The molecule has 6 rings (SSSR count). The molecule has 7 unspecified atom stereocenters. The molecule has 7 N–H and O–H groups in total. The fraction of sp³-hybridized carbons (Fsp3) is 1.00. The topological polar surface area (TPSA) is 79.5 Å². The lowest BCUT2D eigenvalue weighted by atomic mass is 9.54. The normalized spacial score (nSPS) is 48.8. The van der Waals surface area contributed by atoms with Crippen molar-refractivity contribution >= 4 is 0 Å². The number of hydrogen-bond donors (Lipinski definition) is 3. The van der Waals surface area contributed by atoms with Crippen LogP contribution in [0.2, 0.25) is 0 Å². The second-order valence-electron chi connectivity index (χ2n) is 12.6. The molecule has 1 spiro atoms. The number of ether oxygens (including phenoxy) is 1. The Kier molecular flexibility index (Phi) is 5.33. The molecule has 3 aliphatic heterocycles. The van der Waals surface area contributed by atoms with Gasteiger partial charge in [-0.05, 0) is 88.9 Å². The van der Waals surface area contributed by atoms with Crippen LogP contribution in [-0.4, -0.2) is 30.0 Å². The van der Waals surface area contributed by atoms with E-state index >= 15 is 0 Å². The van der Waals surface area contributed by atoms with E-state index in [-0.39, 0.29) is 11.2 Å². The molecule has 2 bridgehead atoms. The zero-order valence-electron chi connectivity index (χ0n) is 19.1. The highest BCUT2D eigenvalue weighted by Crippen LogP contribution is 2.61. The SMILES string of the molecule is CC1(C)OC2(C3CC(CC4CCC(N)[NH2+]C4)CC4(CCCC4)C3)CCC1C([NH3+])C2. The van der Waals surface area contributed by atoms with Crippen LogP contribution < -0.4 is 16.8 Å². The van der Waals surface area contributed by atoms with Crippen molar-refractivity contribution in [1.29, 1.82) is 0 Å². The maximum absolute atomic E-state index is 7.06. The minimum absolute atomic E-state index is 0.0210. The smallest absolute Gasteiger partial charge is 0.137 e. The third kappa shape index (κ3) is 3.81. The fourth-order valence-corrected chi connectivity index (χ4v) is 9.00. The molecule has 3 aliphatic carbocycles. The zero-order chi connectivity index (χ0) is 20.3. The molecule has 0 radical (unpaired) electrons. The lowest BCUT2D eigenvalue weighted by Crippen LogP contribution is -2.95. The predicted octanol–water partition coefficient (Wildman–Crippen LogP) is 2.57. The van der Waals surface area contributed by atoms with Crippen molar-refractivity contribution in [2.45, 2.75) is 121 Å². The van der Waals surface area contributed by atoms with Gasteiger partial charge >= 0.3 is 0 Å². The standard InChI is InChI=1S/C25H45N3O/c1-23(2)20-7-10-25(29-23,15-21(20)26)19-12-18(11-17-5-6-22(27)28-16-17)13-24(14-19)8-3-4-9-24/h17-22,28H,3-16,26-27H2,1-2H3/p+2. The van der Waals surface area contributed by atoms with E-state index in [0.29, 0.717) is 23.5 Å². The Morgan fingerprint density at radius 3 is 2.45 bits per heavy atom. The van der Waals surface area contributed by atoms with Gasteiger partial charge in [-0.15, -0.1) is 0 Å². The zero-order valence-corrected chi connectivity index (χ0v) is 19.1. The van der Waals surface area contributed by atoms with Crippen molar-refractivity contribution in [2.24, 2.45) is 34.8 Å². The van der Waals surface area contributed by atoms with E-state index in [1.807, 2.05) is 0 Å². The Labute approximate surface area is 178 Å². The van der Waals surface area contributed by atoms with Gasteiger partial charge in [-0.1, -0.05) is 12.8 Å². The largest absolute Gasteiger partial charge is 0.368 e. The summed E-state index contributed by atoms with van der Waals surface area (Å²) in [5, 5.41) is 2.40. The molecule has 6 fully saturated rings. The molecule has 4 heteroatoms. The third-order valence-corrected chi connectivity index (χ3v) is 10.2. The van der Waals surface area contributed by atoms with Gasteiger partial charge in [0.05, 0.1) is 23.8 Å². The van der Waals surface area contributed by atoms with Crippen LogP contribution in [0.1, 0.15) is 97.3 Å². The van der Waals surface area contributed by atoms with Gasteiger partial charge in [-0.25, -0.2) is 0 Å². The first kappa shape index (κ1) is 20.7. The van der Waals surface area contributed by atoms with Crippen molar-refractivity contribution in [1.82, 2.24) is 0 Å². The van der Waals surface area contributed by atoms with Gasteiger partial charge in [0.15, 0.2) is 0 Å². The molecular formula is C25H47N3O+2. The van der Waals surface area contributed by atoms with Crippen LogP contribution in [0.25, 0.3) is 0 Å². The predicted molar refractivity (Wildman–Crippen MR) is 116 cm³/mol. The number of rotatable bonds is 3. The Balaban J connectivity index is 1.36. The van der Waals surface area contributed by atoms with E-state index in [2.05, 4.69) is 24.9 Å². The highest BCUT2D eigenvalue weighted by molar-refractivity contribution is 5.09. The maximum Gasteiger partial charge on any atom is 0.137 e. The van der Waals surface area contributed by atoms with Gasteiger partial charge < -0.3 is 15.8 Å². The lowest BCUT2D eigenvalue weighted by molar-refractivity contribution is -0.703. The van der Waals surface area contributed by atoms with Crippen molar-refractivity contribution in [3.05, 3.63) is 0 Å². The monoisotopic (exact) mass is 405 g/mol.